The van der Waals surface area contributed by atoms with Crippen LogP contribution in [0.5, 0.6) is 0 Å². The summed E-state index contributed by atoms with van der Waals surface area (Å²) in [5.41, 5.74) is 0. The second-order valence-electron chi connectivity index (χ2n) is 4.46. The van der Waals surface area contributed by atoms with E-state index in [0.717, 1.165) is 13.0 Å². The number of hydrogen-bond acceptors (Lipinski definition) is 2. The monoisotopic (exact) mass is 197 g/mol. The highest BCUT2D eigenvalue weighted by Gasteiger charge is 2.22. The second-order valence-corrected chi connectivity index (χ2v) is 4.46. The number of rotatable bonds is 6. The first kappa shape index (κ1) is 11.7. The average molecular weight is 197 g/mol. The molecule has 1 aliphatic rings. The van der Waals surface area contributed by atoms with Gasteiger partial charge in [0.25, 0.3) is 0 Å². The number of hydrogen-bond donors (Lipinski definition) is 0. The molecule has 1 heterocycles. The summed E-state index contributed by atoms with van der Waals surface area (Å²) in [5, 5.41) is 0. The number of unbranched alkanes of at least 4 members (excludes halogenated alkanes) is 3. The van der Waals surface area contributed by atoms with Crippen molar-refractivity contribution < 1.29 is 4.79 Å². The van der Waals surface area contributed by atoms with E-state index in [9.17, 15) is 4.79 Å². The molecule has 0 bridgehead atoms. The SMILES string of the molecule is CCCCCCC(C)N1CCC(=O)C1. The van der Waals surface area contributed by atoms with E-state index in [1.807, 2.05) is 0 Å². The molecule has 0 aromatic carbocycles. The number of ketones is 1. The van der Waals surface area contributed by atoms with Gasteiger partial charge in [-0.2, -0.15) is 0 Å². The molecule has 1 aliphatic heterocycles. The Morgan fingerprint density at radius 2 is 2.14 bits per heavy atom. The number of carbonyl (C=O) groups is 1. The van der Waals surface area contributed by atoms with Gasteiger partial charge in [-0.25, -0.2) is 0 Å². The van der Waals surface area contributed by atoms with Crippen LogP contribution >= 0.6 is 0 Å². The van der Waals surface area contributed by atoms with Gasteiger partial charge in [-0.1, -0.05) is 32.6 Å². The summed E-state index contributed by atoms with van der Waals surface area (Å²) < 4.78 is 0. The van der Waals surface area contributed by atoms with Crippen LogP contribution in [0.3, 0.4) is 0 Å². The molecule has 0 radical (unpaired) electrons. The van der Waals surface area contributed by atoms with E-state index in [1.54, 1.807) is 0 Å². The molecule has 0 N–H and O–H groups in total. The first-order chi connectivity index (χ1) is 6.74. The lowest BCUT2D eigenvalue weighted by Crippen LogP contribution is -2.30. The van der Waals surface area contributed by atoms with Crippen LogP contribution in [-0.2, 0) is 4.79 Å². The quantitative estimate of drug-likeness (QED) is 0.610. The van der Waals surface area contributed by atoms with Crippen LogP contribution in [0.4, 0.5) is 0 Å². The van der Waals surface area contributed by atoms with Crippen molar-refractivity contribution in [2.24, 2.45) is 0 Å². The summed E-state index contributed by atoms with van der Waals surface area (Å²) in [6.45, 7) is 6.19. The predicted octanol–water partition coefficient (Wildman–Crippen LogP) is 2.62. The maximum atomic E-state index is 11.1. The van der Waals surface area contributed by atoms with Crippen molar-refractivity contribution in [2.75, 3.05) is 13.1 Å². The number of likely N-dealkylation sites (tertiary alicyclic amines) is 1. The van der Waals surface area contributed by atoms with Crippen molar-refractivity contribution >= 4 is 5.78 Å². The van der Waals surface area contributed by atoms with Gasteiger partial charge in [0.15, 0.2) is 0 Å². The van der Waals surface area contributed by atoms with Gasteiger partial charge in [-0.15, -0.1) is 0 Å². The van der Waals surface area contributed by atoms with Crippen LogP contribution in [0, 0.1) is 0 Å². The summed E-state index contributed by atoms with van der Waals surface area (Å²) in [5.74, 6) is 0.422. The van der Waals surface area contributed by atoms with Crippen LogP contribution in [0.2, 0.25) is 0 Å². The minimum atomic E-state index is 0.422. The first-order valence-electron chi connectivity index (χ1n) is 5.99. The molecular weight excluding hydrogens is 174 g/mol. The Morgan fingerprint density at radius 3 is 2.71 bits per heavy atom. The van der Waals surface area contributed by atoms with Crippen LogP contribution < -0.4 is 0 Å². The normalized spacial score (nSPS) is 20.3. The zero-order valence-corrected chi connectivity index (χ0v) is 9.59. The number of nitrogens with zero attached hydrogens (tertiary/aromatic N) is 1. The maximum Gasteiger partial charge on any atom is 0.148 e. The molecule has 0 aliphatic carbocycles. The molecule has 0 aromatic rings. The molecule has 0 amide bonds. The summed E-state index contributed by atoms with van der Waals surface area (Å²) in [6.07, 6.45) is 7.36. The van der Waals surface area contributed by atoms with Crippen molar-refractivity contribution in [1.82, 2.24) is 4.90 Å². The van der Waals surface area contributed by atoms with E-state index in [-0.39, 0.29) is 0 Å². The van der Waals surface area contributed by atoms with Gasteiger partial charge in [-0.05, 0) is 13.3 Å². The van der Waals surface area contributed by atoms with Crippen LogP contribution in [-0.4, -0.2) is 29.8 Å². The molecule has 2 heteroatoms. The largest absolute Gasteiger partial charge is 0.298 e. The van der Waals surface area contributed by atoms with E-state index in [1.165, 1.54) is 32.1 Å². The lowest BCUT2D eigenvalue weighted by Gasteiger charge is -2.22. The summed E-state index contributed by atoms with van der Waals surface area (Å²) in [7, 11) is 0. The molecule has 14 heavy (non-hydrogen) atoms. The Hall–Kier alpha value is -0.370. The Balaban J connectivity index is 2.09. The third-order valence-corrected chi connectivity index (χ3v) is 3.16. The second kappa shape index (κ2) is 6.18. The molecule has 2 nitrogen and oxygen atoms in total. The molecule has 1 atom stereocenters. The molecule has 1 unspecified atom stereocenters. The number of Topliss-reactive ketones (excluding diaryl/α,β-unsaturated/α-hetero) is 1. The fraction of sp³-hybridized carbons (Fsp3) is 0.917. The molecule has 1 fully saturated rings. The van der Waals surface area contributed by atoms with E-state index in [0.29, 0.717) is 18.4 Å². The Kier molecular flexibility index (Phi) is 5.16. The Labute approximate surface area is 87.7 Å². The standard InChI is InChI=1S/C12H23NO/c1-3-4-5-6-7-11(2)13-9-8-12(14)10-13/h11H,3-10H2,1-2H3. The van der Waals surface area contributed by atoms with E-state index in [4.69, 9.17) is 0 Å². The van der Waals surface area contributed by atoms with E-state index in [2.05, 4.69) is 18.7 Å². The average Bonchev–Trinajstić information content (AvgIpc) is 2.59. The Bertz CT molecular complexity index is 179. The fourth-order valence-corrected chi connectivity index (χ4v) is 2.08. The van der Waals surface area contributed by atoms with E-state index >= 15 is 0 Å². The summed E-state index contributed by atoms with van der Waals surface area (Å²) >= 11 is 0. The predicted molar refractivity (Wildman–Crippen MR) is 59.4 cm³/mol. The van der Waals surface area contributed by atoms with Crippen LogP contribution in [0.25, 0.3) is 0 Å². The molecule has 0 saturated carbocycles. The van der Waals surface area contributed by atoms with Gasteiger partial charge in [0.2, 0.25) is 0 Å². The van der Waals surface area contributed by atoms with Gasteiger partial charge < -0.3 is 0 Å². The summed E-state index contributed by atoms with van der Waals surface area (Å²) in [4.78, 5) is 13.4. The van der Waals surface area contributed by atoms with Gasteiger partial charge >= 0.3 is 0 Å². The maximum absolute atomic E-state index is 11.1. The van der Waals surface area contributed by atoms with Gasteiger partial charge in [-0.3, -0.25) is 9.69 Å². The van der Waals surface area contributed by atoms with Gasteiger partial charge in [0.05, 0.1) is 6.54 Å². The molecule has 0 aromatic heterocycles. The van der Waals surface area contributed by atoms with Gasteiger partial charge in [0, 0.05) is 19.0 Å². The minimum Gasteiger partial charge on any atom is -0.298 e. The number of carbonyl (C=O) groups excluding carboxylic acids is 1. The molecule has 82 valence electrons. The topological polar surface area (TPSA) is 20.3 Å². The molecule has 1 rings (SSSR count). The van der Waals surface area contributed by atoms with Crippen LogP contribution in [0.1, 0.15) is 52.4 Å². The fourth-order valence-electron chi connectivity index (χ4n) is 2.08. The molecule has 1 saturated heterocycles. The first-order valence-corrected chi connectivity index (χ1v) is 5.99. The zero-order chi connectivity index (χ0) is 10.4. The van der Waals surface area contributed by atoms with E-state index < -0.39 is 0 Å². The van der Waals surface area contributed by atoms with Crippen molar-refractivity contribution in [1.29, 1.82) is 0 Å². The highest BCUT2D eigenvalue weighted by atomic mass is 16.1. The van der Waals surface area contributed by atoms with Crippen molar-refractivity contribution in [3.63, 3.8) is 0 Å². The van der Waals surface area contributed by atoms with Crippen molar-refractivity contribution in [3.8, 4) is 0 Å². The highest BCUT2D eigenvalue weighted by molar-refractivity contribution is 5.82. The summed E-state index contributed by atoms with van der Waals surface area (Å²) in [6, 6.07) is 0.610. The van der Waals surface area contributed by atoms with Crippen LogP contribution in [0.15, 0.2) is 0 Å². The molecular formula is C12H23NO. The van der Waals surface area contributed by atoms with Crippen molar-refractivity contribution in [3.05, 3.63) is 0 Å². The third kappa shape index (κ3) is 3.79. The molecule has 0 spiro atoms. The van der Waals surface area contributed by atoms with Gasteiger partial charge in [0.1, 0.15) is 5.78 Å². The van der Waals surface area contributed by atoms with Crippen molar-refractivity contribution in [2.45, 2.75) is 58.4 Å². The lowest BCUT2D eigenvalue weighted by atomic mass is 10.1. The third-order valence-electron chi connectivity index (χ3n) is 3.16. The minimum absolute atomic E-state index is 0.422. The zero-order valence-electron chi connectivity index (χ0n) is 9.59. The Morgan fingerprint density at radius 1 is 1.36 bits per heavy atom. The smallest absolute Gasteiger partial charge is 0.148 e. The lowest BCUT2D eigenvalue weighted by molar-refractivity contribution is -0.117. The highest BCUT2D eigenvalue weighted by Crippen LogP contribution is 2.14.